The average molecular weight is 343 g/mol. The minimum Gasteiger partial charge on any atom is -0.468 e. The predicted octanol–water partition coefficient (Wildman–Crippen LogP) is 2.47. The number of aliphatic imine (C=N–C) groups is 1. The molecule has 0 radical (unpaired) electrons. The number of guanidine groups is 1. The third-order valence-corrected chi connectivity index (χ3v) is 4.55. The van der Waals surface area contributed by atoms with Crippen LogP contribution in [0.5, 0.6) is 0 Å². The van der Waals surface area contributed by atoms with Crippen LogP contribution in [-0.2, 0) is 6.54 Å². The maximum atomic E-state index is 5.68. The Bertz CT molecular complexity index is 614. The van der Waals surface area contributed by atoms with Gasteiger partial charge in [-0.3, -0.25) is 9.89 Å². The molecule has 25 heavy (non-hydrogen) atoms. The van der Waals surface area contributed by atoms with Gasteiger partial charge in [0, 0.05) is 32.0 Å². The molecule has 0 spiro atoms. The van der Waals surface area contributed by atoms with Crippen molar-refractivity contribution < 1.29 is 4.42 Å². The number of hydrogen-bond acceptors (Lipinski definition) is 3. The first-order valence-electron chi connectivity index (χ1n) is 9.27. The SMILES string of the molecule is CCNC(=NCC(c1ccco1)N1CCCC1)NCCn1cccc1. The fourth-order valence-corrected chi connectivity index (χ4v) is 3.26. The second kappa shape index (κ2) is 9.32. The topological polar surface area (TPSA) is 57.7 Å². The molecule has 2 N–H and O–H groups in total. The van der Waals surface area contributed by atoms with E-state index in [0.717, 1.165) is 44.4 Å². The molecule has 0 aromatic carbocycles. The standard InChI is InChI=1S/C19H29N5O/c1-2-20-19(21-9-14-23-10-3-4-11-23)22-16-17(18-8-7-15-25-18)24-12-5-6-13-24/h3-4,7-8,10-11,15,17H,2,5-6,9,12-14,16H2,1H3,(H2,20,21,22). The maximum absolute atomic E-state index is 5.68. The number of nitrogens with zero attached hydrogens (tertiary/aromatic N) is 3. The molecule has 1 aliphatic rings. The van der Waals surface area contributed by atoms with Gasteiger partial charge in [-0.25, -0.2) is 0 Å². The smallest absolute Gasteiger partial charge is 0.191 e. The largest absolute Gasteiger partial charge is 0.468 e. The van der Waals surface area contributed by atoms with E-state index in [2.05, 4.69) is 45.5 Å². The van der Waals surface area contributed by atoms with Gasteiger partial charge in [0.25, 0.3) is 0 Å². The van der Waals surface area contributed by atoms with Gasteiger partial charge < -0.3 is 19.6 Å². The number of hydrogen-bond donors (Lipinski definition) is 2. The van der Waals surface area contributed by atoms with Crippen LogP contribution < -0.4 is 10.6 Å². The lowest BCUT2D eigenvalue weighted by Gasteiger charge is -2.24. The van der Waals surface area contributed by atoms with E-state index in [4.69, 9.17) is 9.41 Å². The first kappa shape index (κ1) is 17.6. The van der Waals surface area contributed by atoms with E-state index in [0.29, 0.717) is 6.54 Å². The third-order valence-electron chi connectivity index (χ3n) is 4.55. The lowest BCUT2D eigenvalue weighted by atomic mass is 10.2. The molecular weight excluding hydrogens is 314 g/mol. The zero-order valence-electron chi connectivity index (χ0n) is 15.0. The quantitative estimate of drug-likeness (QED) is 0.571. The zero-order chi connectivity index (χ0) is 17.3. The summed E-state index contributed by atoms with van der Waals surface area (Å²) in [6, 6.07) is 8.33. The summed E-state index contributed by atoms with van der Waals surface area (Å²) in [5.41, 5.74) is 0. The lowest BCUT2D eigenvalue weighted by molar-refractivity contribution is 0.221. The molecule has 1 atom stereocenters. The van der Waals surface area contributed by atoms with E-state index in [1.807, 2.05) is 18.2 Å². The van der Waals surface area contributed by atoms with Gasteiger partial charge in [-0.15, -0.1) is 0 Å². The van der Waals surface area contributed by atoms with E-state index in [-0.39, 0.29) is 6.04 Å². The van der Waals surface area contributed by atoms with Crippen LogP contribution in [0, 0.1) is 0 Å². The summed E-state index contributed by atoms with van der Waals surface area (Å²) in [6.45, 7) is 7.66. The second-order valence-electron chi connectivity index (χ2n) is 6.34. The zero-order valence-corrected chi connectivity index (χ0v) is 15.0. The normalized spacial score (nSPS) is 16.9. The van der Waals surface area contributed by atoms with Crippen LogP contribution in [0.15, 0.2) is 52.3 Å². The molecular formula is C19H29N5O. The Labute approximate surface area is 149 Å². The van der Waals surface area contributed by atoms with Crippen molar-refractivity contribution in [3.63, 3.8) is 0 Å². The Morgan fingerprint density at radius 1 is 1.20 bits per heavy atom. The van der Waals surface area contributed by atoms with Crippen molar-refractivity contribution in [2.75, 3.05) is 32.7 Å². The summed E-state index contributed by atoms with van der Waals surface area (Å²) < 4.78 is 7.83. The van der Waals surface area contributed by atoms with Crippen LogP contribution >= 0.6 is 0 Å². The van der Waals surface area contributed by atoms with Gasteiger partial charge in [0.1, 0.15) is 5.76 Å². The summed E-state index contributed by atoms with van der Waals surface area (Å²) in [5, 5.41) is 6.75. The monoisotopic (exact) mass is 343 g/mol. The van der Waals surface area contributed by atoms with E-state index >= 15 is 0 Å². The van der Waals surface area contributed by atoms with Gasteiger partial charge in [0.2, 0.25) is 0 Å². The first-order chi connectivity index (χ1) is 12.4. The van der Waals surface area contributed by atoms with Gasteiger partial charge >= 0.3 is 0 Å². The van der Waals surface area contributed by atoms with Gasteiger partial charge in [0.15, 0.2) is 5.96 Å². The molecule has 1 fully saturated rings. The molecule has 6 nitrogen and oxygen atoms in total. The van der Waals surface area contributed by atoms with Crippen molar-refractivity contribution in [1.29, 1.82) is 0 Å². The van der Waals surface area contributed by atoms with Crippen molar-refractivity contribution in [1.82, 2.24) is 20.1 Å². The van der Waals surface area contributed by atoms with Crippen LogP contribution in [0.2, 0.25) is 0 Å². The summed E-state index contributed by atoms with van der Waals surface area (Å²) in [4.78, 5) is 7.29. The number of aromatic nitrogens is 1. The third kappa shape index (κ3) is 5.13. The lowest BCUT2D eigenvalue weighted by Crippen LogP contribution is -2.39. The molecule has 1 unspecified atom stereocenters. The molecule has 1 aliphatic heterocycles. The number of rotatable bonds is 8. The fraction of sp³-hybridized carbons (Fsp3) is 0.526. The molecule has 1 saturated heterocycles. The summed E-state index contributed by atoms with van der Waals surface area (Å²) >= 11 is 0. The van der Waals surface area contributed by atoms with Gasteiger partial charge in [0.05, 0.1) is 18.8 Å². The van der Waals surface area contributed by atoms with Crippen LogP contribution in [-0.4, -0.2) is 48.2 Å². The highest BCUT2D eigenvalue weighted by Crippen LogP contribution is 2.25. The Morgan fingerprint density at radius 3 is 2.68 bits per heavy atom. The van der Waals surface area contributed by atoms with Crippen LogP contribution in [0.25, 0.3) is 0 Å². The predicted molar refractivity (Wildman–Crippen MR) is 101 cm³/mol. The summed E-state index contributed by atoms with van der Waals surface area (Å²) in [6.07, 6.45) is 8.42. The van der Waals surface area contributed by atoms with Gasteiger partial charge in [-0.1, -0.05) is 0 Å². The van der Waals surface area contributed by atoms with E-state index < -0.39 is 0 Å². The second-order valence-corrected chi connectivity index (χ2v) is 6.34. The molecule has 136 valence electrons. The average Bonchev–Trinajstić information content (AvgIpc) is 3.38. The number of likely N-dealkylation sites (tertiary alicyclic amines) is 1. The molecule has 0 aliphatic carbocycles. The Kier molecular flexibility index (Phi) is 6.56. The van der Waals surface area contributed by atoms with E-state index in [9.17, 15) is 0 Å². The van der Waals surface area contributed by atoms with Crippen molar-refractivity contribution in [3.8, 4) is 0 Å². The molecule has 3 heterocycles. The highest BCUT2D eigenvalue weighted by molar-refractivity contribution is 5.79. The highest BCUT2D eigenvalue weighted by Gasteiger charge is 2.25. The minimum atomic E-state index is 0.220. The molecule has 0 saturated carbocycles. The van der Waals surface area contributed by atoms with E-state index in [1.165, 1.54) is 12.8 Å². The molecule has 0 amide bonds. The fourth-order valence-electron chi connectivity index (χ4n) is 3.26. The highest BCUT2D eigenvalue weighted by atomic mass is 16.3. The molecule has 2 aromatic rings. The summed E-state index contributed by atoms with van der Waals surface area (Å²) in [5.74, 6) is 1.87. The molecule has 6 heteroatoms. The van der Waals surface area contributed by atoms with Crippen LogP contribution in [0.4, 0.5) is 0 Å². The van der Waals surface area contributed by atoms with Crippen LogP contribution in [0.3, 0.4) is 0 Å². The maximum Gasteiger partial charge on any atom is 0.191 e. The van der Waals surface area contributed by atoms with Gasteiger partial charge in [-0.2, -0.15) is 0 Å². The molecule has 0 bridgehead atoms. The van der Waals surface area contributed by atoms with Crippen molar-refractivity contribution in [2.45, 2.75) is 32.4 Å². The molecule has 2 aromatic heterocycles. The van der Waals surface area contributed by atoms with Crippen molar-refractivity contribution >= 4 is 5.96 Å². The van der Waals surface area contributed by atoms with Crippen molar-refractivity contribution in [3.05, 3.63) is 48.7 Å². The van der Waals surface area contributed by atoms with Crippen LogP contribution in [0.1, 0.15) is 31.6 Å². The number of nitrogens with one attached hydrogen (secondary N) is 2. The Hall–Kier alpha value is -2.21. The Morgan fingerprint density at radius 2 is 2.00 bits per heavy atom. The van der Waals surface area contributed by atoms with Gasteiger partial charge in [-0.05, 0) is 57.1 Å². The van der Waals surface area contributed by atoms with Crippen molar-refractivity contribution in [2.24, 2.45) is 4.99 Å². The van der Waals surface area contributed by atoms with E-state index in [1.54, 1.807) is 6.26 Å². The number of furan rings is 1. The molecule has 3 rings (SSSR count). The summed E-state index contributed by atoms with van der Waals surface area (Å²) in [7, 11) is 0. The Balaban J connectivity index is 1.59. The first-order valence-corrected chi connectivity index (χ1v) is 9.27. The minimum absolute atomic E-state index is 0.220.